The Morgan fingerprint density at radius 1 is 1.14 bits per heavy atom. The van der Waals surface area contributed by atoms with Crippen LogP contribution in [-0.4, -0.2) is 34.9 Å². The van der Waals surface area contributed by atoms with Gasteiger partial charge in [-0.2, -0.15) is 5.10 Å². The van der Waals surface area contributed by atoms with Gasteiger partial charge in [0.1, 0.15) is 5.82 Å². The van der Waals surface area contributed by atoms with Crippen LogP contribution in [0, 0.1) is 5.82 Å². The smallest absolute Gasteiger partial charge is 0.363 e. The molecule has 0 fully saturated rings. The highest BCUT2D eigenvalue weighted by atomic mass is 19.1. The Morgan fingerprint density at radius 2 is 1.89 bits per heavy atom. The van der Waals surface area contributed by atoms with Gasteiger partial charge in [0.2, 0.25) is 5.69 Å². The van der Waals surface area contributed by atoms with E-state index in [2.05, 4.69) is 10.4 Å². The van der Waals surface area contributed by atoms with Crippen molar-refractivity contribution in [1.29, 1.82) is 0 Å². The lowest BCUT2D eigenvalue weighted by Crippen LogP contribution is -2.30. The second-order valence-electron chi connectivity index (χ2n) is 5.87. The topological polar surface area (TPSA) is 82.5 Å². The van der Waals surface area contributed by atoms with Crippen molar-refractivity contribution >= 4 is 17.6 Å². The minimum atomic E-state index is -1.12. The Bertz CT molecular complexity index is 988. The molecule has 0 aliphatic carbocycles. The van der Waals surface area contributed by atoms with E-state index in [1.54, 1.807) is 6.20 Å². The molecule has 3 aromatic rings. The quantitative estimate of drug-likeness (QED) is 0.661. The number of amides is 1. The van der Waals surface area contributed by atoms with Gasteiger partial charge in [0.05, 0.1) is 19.0 Å². The first-order valence-corrected chi connectivity index (χ1v) is 8.44. The van der Waals surface area contributed by atoms with Gasteiger partial charge in [0.25, 0.3) is 5.91 Å². The van der Waals surface area contributed by atoms with Crippen LogP contribution in [0.2, 0.25) is 0 Å². The van der Waals surface area contributed by atoms with Gasteiger partial charge in [0, 0.05) is 5.69 Å². The number of methoxy groups -OCH3 is 1. The minimum Gasteiger partial charge on any atom is -0.493 e. The fourth-order valence-corrected chi connectivity index (χ4v) is 2.44. The van der Waals surface area contributed by atoms with E-state index in [0.29, 0.717) is 0 Å². The van der Waals surface area contributed by atoms with Crippen LogP contribution in [-0.2, 0) is 9.53 Å². The summed E-state index contributed by atoms with van der Waals surface area (Å²) >= 11 is 0. The highest BCUT2D eigenvalue weighted by molar-refractivity contribution is 5.97. The normalized spacial score (nSPS) is 11.5. The number of rotatable bonds is 6. The third-order valence-corrected chi connectivity index (χ3v) is 3.86. The number of ether oxygens (including phenoxy) is 2. The van der Waals surface area contributed by atoms with Crippen LogP contribution in [0.15, 0.2) is 60.8 Å². The first kappa shape index (κ1) is 19.1. The summed E-state index contributed by atoms with van der Waals surface area (Å²) in [6.07, 6.45) is 0.422. The van der Waals surface area contributed by atoms with Crippen molar-refractivity contribution in [3.05, 3.63) is 72.3 Å². The van der Waals surface area contributed by atoms with Crippen LogP contribution < -0.4 is 10.1 Å². The summed E-state index contributed by atoms with van der Waals surface area (Å²) in [6, 6.07) is 14.6. The third kappa shape index (κ3) is 4.35. The van der Waals surface area contributed by atoms with Crippen LogP contribution in [0.5, 0.6) is 5.75 Å². The van der Waals surface area contributed by atoms with E-state index in [1.807, 2.05) is 30.3 Å². The number of para-hydroxylation sites is 1. The number of carbonyl (C=O) groups is 2. The van der Waals surface area contributed by atoms with E-state index in [1.165, 1.54) is 36.9 Å². The largest absolute Gasteiger partial charge is 0.493 e. The van der Waals surface area contributed by atoms with Gasteiger partial charge in [-0.05, 0) is 37.3 Å². The number of hydrogen-bond donors (Lipinski definition) is 1. The molecule has 0 spiro atoms. The number of esters is 1. The van der Waals surface area contributed by atoms with Crippen LogP contribution in [0.3, 0.4) is 0 Å². The second kappa shape index (κ2) is 8.34. The molecular weight excluding hydrogens is 365 g/mol. The molecule has 1 heterocycles. The van der Waals surface area contributed by atoms with Crippen LogP contribution in [0.25, 0.3) is 5.69 Å². The molecule has 0 aliphatic rings. The number of nitrogens with one attached hydrogen (secondary N) is 1. The molecule has 2 aromatic carbocycles. The van der Waals surface area contributed by atoms with Gasteiger partial charge in [0.15, 0.2) is 11.9 Å². The van der Waals surface area contributed by atoms with Crippen molar-refractivity contribution in [2.24, 2.45) is 0 Å². The molecule has 1 aromatic heterocycles. The summed E-state index contributed by atoms with van der Waals surface area (Å²) in [7, 11) is 1.41. The van der Waals surface area contributed by atoms with Gasteiger partial charge < -0.3 is 14.8 Å². The van der Waals surface area contributed by atoms with E-state index in [4.69, 9.17) is 9.47 Å². The monoisotopic (exact) mass is 383 g/mol. The van der Waals surface area contributed by atoms with E-state index in [9.17, 15) is 14.0 Å². The SMILES string of the molecule is COc1cn(-c2ccccc2)nc1C(=O)O[C@@H](C)C(=O)Nc1cccc(F)c1. The lowest BCUT2D eigenvalue weighted by atomic mass is 10.3. The van der Waals surface area contributed by atoms with Crippen molar-refractivity contribution in [3.8, 4) is 11.4 Å². The van der Waals surface area contributed by atoms with Crippen molar-refractivity contribution in [2.75, 3.05) is 12.4 Å². The Labute approximate surface area is 160 Å². The standard InChI is InChI=1S/C20H18FN3O4/c1-13(19(25)22-15-8-6-7-14(21)11-15)28-20(26)18-17(27-2)12-24(23-18)16-9-4-3-5-10-16/h3-13H,1-2H3,(H,22,25)/t13-/m0/s1. The third-order valence-electron chi connectivity index (χ3n) is 3.86. The molecule has 1 atom stereocenters. The Balaban J connectivity index is 1.71. The molecule has 7 nitrogen and oxygen atoms in total. The molecule has 8 heteroatoms. The zero-order valence-corrected chi connectivity index (χ0v) is 15.3. The van der Waals surface area contributed by atoms with Crippen molar-refractivity contribution in [3.63, 3.8) is 0 Å². The minimum absolute atomic E-state index is 0.0586. The number of nitrogens with zero attached hydrogens (tertiary/aromatic N) is 2. The molecule has 0 unspecified atom stereocenters. The van der Waals surface area contributed by atoms with Gasteiger partial charge in [-0.15, -0.1) is 0 Å². The second-order valence-corrected chi connectivity index (χ2v) is 5.87. The number of anilines is 1. The number of carbonyl (C=O) groups excluding carboxylic acids is 2. The molecule has 0 radical (unpaired) electrons. The number of halogens is 1. The highest BCUT2D eigenvalue weighted by Crippen LogP contribution is 2.21. The van der Waals surface area contributed by atoms with E-state index >= 15 is 0 Å². The zero-order valence-electron chi connectivity index (χ0n) is 15.3. The maximum atomic E-state index is 13.2. The van der Waals surface area contributed by atoms with E-state index in [-0.39, 0.29) is 17.1 Å². The van der Waals surface area contributed by atoms with Crippen molar-refractivity contribution in [2.45, 2.75) is 13.0 Å². The first-order chi connectivity index (χ1) is 13.5. The summed E-state index contributed by atoms with van der Waals surface area (Å²) in [5.74, 6) is -1.68. The lowest BCUT2D eigenvalue weighted by molar-refractivity contribution is -0.123. The molecule has 0 aliphatic heterocycles. The van der Waals surface area contributed by atoms with Crippen LogP contribution in [0.1, 0.15) is 17.4 Å². The summed E-state index contributed by atoms with van der Waals surface area (Å²) < 4.78 is 25.1. The number of aromatic nitrogens is 2. The fourth-order valence-electron chi connectivity index (χ4n) is 2.44. The molecule has 3 rings (SSSR count). The van der Waals surface area contributed by atoms with Gasteiger partial charge in [-0.25, -0.2) is 13.9 Å². The molecule has 1 amide bonds. The molecular formula is C20H18FN3O4. The van der Waals surface area contributed by atoms with Crippen LogP contribution >= 0.6 is 0 Å². The number of benzene rings is 2. The maximum absolute atomic E-state index is 13.2. The predicted octanol–water partition coefficient (Wildman–Crippen LogP) is 3.20. The maximum Gasteiger partial charge on any atom is 0.363 e. The predicted molar refractivity (Wildman–Crippen MR) is 100 cm³/mol. The molecule has 1 N–H and O–H groups in total. The average molecular weight is 383 g/mol. The lowest BCUT2D eigenvalue weighted by Gasteiger charge is -2.13. The number of hydrogen-bond acceptors (Lipinski definition) is 5. The molecule has 0 bridgehead atoms. The van der Waals surface area contributed by atoms with E-state index in [0.717, 1.165) is 11.8 Å². The first-order valence-electron chi connectivity index (χ1n) is 8.44. The van der Waals surface area contributed by atoms with E-state index < -0.39 is 23.8 Å². The molecule has 0 saturated heterocycles. The summed E-state index contributed by atoms with van der Waals surface area (Å²) in [5, 5.41) is 6.68. The zero-order chi connectivity index (χ0) is 20.1. The average Bonchev–Trinajstić information content (AvgIpc) is 3.13. The van der Waals surface area contributed by atoms with Crippen molar-refractivity contribution < 1.29 is 23.5 Å². The van der Waals surface area contributed by atoms with Crippen LogP contribution in [0.4, 0.5) is 10.1 Å². The fraction of sp³-hybridized carbons (Fsp3) is 0.150. The Hall–Kier alpha value is -3.68. The molecule has 144 valence electrons. The highest BCUT2D eigenvalue weighted by Gasteiger charge is 2.25. The summed E-state index contributed by atoms with van der Waals surface area (Å²) in [6.45, 7) is 1.41. The summed E-state index contributed by atoms with van der Waals surface area (Å²) in [4.78, 5) is 24.7. The van der Waals surface area contributed by atoms with Gasteiger partial charge >= 0.3 is 5.97 Å². The van der Waals surface area contributed by atoms with Gasteiger partial charge in [-0.1, -0.05) is 24.3 Å². The Morgan fingerprint density at radius 3 is 2.57 bits per heavy atom. The van der Waals surface area contributed by atoms with Gasteiger partial charge in [-0.3, -0.25) is 4.79 Å². The van der Waals surface area contributed by atoms with Crippen molar-refractivity contribution in [1.82, 2.24) is 9.78 Å². The molecule has 0 saturated carbocycles. The molecule has 28 heavy (non-hydrogen) atoms. The summed E-state index contributed by atoms with van der Waals surface area (Å²) in [5.41, 5.74) is 0.937. The Kier molecular flexibility index (Phi) is 5.69.